The minimum absolute atomic E-state index is 0.0174. The van der Waals surface area contributed by atoms with Gasteiger partial charge in [0, 0.05) is 12.5 Å². The molecule has 1 heterocycles. The fourth-order valence-electron chi connectivity index (χ4n) is 1.73. The van der Waals surface area contributed by atoms with Crippen molar-refractivity contribution in [2.45, 2.75) is 19.9 Å². The number of aryl methyl sites for hydroxylation is 1. The third-order valence-corrected chi connectivity index (χ3v) is 3.10. The molecule has 2 aromatic rings. The summed E-state index contributed by atoms with van der Waals surface area (Å²) in [5.41, 5.74) is -0.229. The third-order valence-electron chi connectivity index (χ3n) is 2.81. The number of oxazole rings is 1. The lowest BCUT2D eigenvalue weighted by Crippen LogP contribution is -2.24. The van der Waals surface area contributed by atoms with E-state index in [9.17, 15) is 9.18 Å². The fourth-order valence-corrected chi connectivity index (χ4v) is 2.02. The number of amides is 1. The Bertz CT molecular complexity index is 634. The number of carbonyl (C=O) groups is 1. The summed E-state index contributed by atoms with van der Waals surface area (Å²) in [7, 11) is 1.39. The molecule has 0 saturated heterocycles. The van der Waals surface area contributed by atoms with E-state index in [1.54, 1.807) is 0 Å². The summed E-state index contributed by atoms with van der Waals surface area (Å²) >= 11 is 5.90. The van der Waals surface area contributed by atoms with Crippen LogP contribution in [0.2, 0.25) is 5.02 Å². The molecule has 0 spiro atoms. The van der Waals surface area contributed by atoms with Crippen molar-refractivity contribution in [2.24, 2.45) is 0 Å². The second kappa shape index (κ2) is 6.58. The summed E-state index contributed by atoms with van der Waals surface area (Å²) in [5.74, 6) is -0.0618. The zero-order chi connectivity index (χ0) is 15.4. The summed E-state index contributed by atoms with van der Waals surface area (Å²) < 4.78 is 24.1. The van der Waals surface area contributed by atoms with Crippen LogP contribution in [-0.4, -0.2) is 18.0 Å². The molecule has 7 heteroatoms. The van der Waals surface area contributed by atoms with Crippen LogP contribution in [-0.2, 0) is 13.0 Å². The molecule has 2 rings (SSSR count). The number of hydrogen-bond acceptors (Lipinski definition) is 4. The summed E-state index contributed by atoms with van der Waals surface area (Å²) in [5, 5.41) is 2.52. The lowest BCUT2D eigenvalue weighted by Gasteiger charge is -2.08. The Labute approximate surface area is 126 Å². The number of benzene rings is 1. The van der Waals surface area contributed by atoms with Crippen molar-refractivity contribution in [2.75, 3.05) is 7.11 Å². The number of hydrogen-bond donors (Lipinski definition) is 1. The van der Waals surface area contributed by atoms with Crippen LogP contribution in [0.3, 0.4) is 0 Å². The van der Waals surface area contributed by atoms with Crippen LogP contribution in [0.15, 0.2) is 22.7 Å². The van der Waals surface area contributed by atoms with Crippen LogP contribution in [0.4, 0.5) is 4.39 Å². The molecule has 0 saturated carbocycles. The standard InChI is InChI=1S/C14H14ClFN2O3/c1-3-12-17-6-9(21-12)7-18-14(19)13-10(15)4-8(20-2)5-11(13)16/h4-6H,3,7H2,1-2H3,(H,18,19). The molecule has 1 aromatic carbocycles. The van der Waals surface area contributed by atoms with E-state index in [-0.39, 0.29) is 22.9 Å². The number of nitrogens with zero attached hydrogens (tertiary/aromatic N) is 1. The molecular weight excluding hydrogens is 299 g/mol. The largest absolute Gasteiger partial charge is 0.497 e. The van der Waals surface area contributed by atoms with Crippen LogP contribution in [0.25, 0.3) is 0 Å². The van der Waals surface area contributed by atoms with E-state index in [0.717, 1.165) is 6.07 Å². The van der Waals surface area contributed by atoms with E-state index < -0.39 is 11.7 Å². The lowest BCUT2D eigenvalue weighted by molar-refractivity contribution is 0.0944. The second-order valence-corrected chi connectivity index (χ2v) is 4.63. The monoisotopic (exact) mass is 312 g/mol. The van der Waals surface area contributed by atoms with Gasteiger partial charge in [-0.3, -0.25) is 4.79 Å². The minimum Gasteiger partial charge on any atom is -0.497 e. The minimum atomic E-state index is -0.747. The zero-order valence-corrected chi connectivity index (χ0v) is 12.3. The second-order valence-electron chi connectivity index (χ2n) is 4.22. The van der Waals surface area contributed by atoms with Crippen molar-refractivity contribution < 1.29 is 18.3 Å². The lowest BCUT2D eigenvalue weighted by atomic mass is 10.2. The Hall–Kier alpha value is -2.08. The zero-order valence-electron chi connectivity index (χ0n) is 11.6. The quantitative estimate of drug-likeness (QED) is 0.922. The van der Waals surface area contributed by atoms with Gasteiger partial charge in [-0.25, -0.2) is 9.37 Å². The summed E-state index contributed by atoms with van der Waals surface area (Å²) in [6, 6.07) is 2.48. The highest BCUT2D eigenvalue weighted by Crippen LogP contribution is 2.25. The number of carbonyl (C=O) groups excluding carboxylic acids is 1. The van der Waals surface area contributed by atoms with Gasteiger partial charge in [0.1, 0.15) is 17.3 Å². The van der Waals surface area contributed by atoms with Crippen LogP contribution >= 0.6 is 11.6 Å². The number of methoxy groups -OCH3 is 1. The van der Waals surface area contributed by atoms with Crippen molar-refractivity contribution in [3.8, 4) is 5.75 Å². The molecule has 0 aliphatic heterocycles. The first-order valence-corrected chi connectivity index (χ1v) is 6.67. The summed E-state index contributed by atoms with van der Waals surface area (Å²) in [6.07, 6.45) is 2.18. The van der Waals surface area contributed by atoms with Gasteiger partial charge in [0.05, 0.1) is 30.4 Å². The molecule has 1 N–H and O–H groups in total. The molecule has 1 amide bonds. The summed E-state index contributed by atoms with van der Waals surface area (Å²) in [4.78, 5) is 16.0. The number of ether oxygens (including phenoxy) is 1. The van der Waals surface area contributed by atoms with Gasteiger partial charge in [-0.15, -0.1) is 0 Å². The molecule has 0 radical (unpaired) electrons. The maximum absolute atomic E-state index is 13.9. The first-order valence-electron chi connectivity index (χ1n) is 6.30. The summed E-state index contributed by atoms with van der Waals surface area (Å²) in [6.45, 7) is 2.01. The highest BCUT2D eigenvalue weighted by atomic mass is 35.5. The molecule has 0 bridgehead atoms. The van der Waals surface area contributed by atoms with Crippen molar-refractivity contribution in [1.29, 1.82) is 0 Å². The average molecular weight is 313 g/mol. The maximum Gasteiger partial charge on any atom is 0.256 e. The number of aromatic nitrogens is 1. The molecule has 5 nitrogen and oxygen atoms in total. The number of halogens is 2. The molecule has 112 valence electrons. The number of nitrogens with one attached hydrogen (secondary N) is 1. The molecule has 0 aliphatic carbocycles. The predicted molar refractivity (Wildman–Crippen MR) is 75.0 cm³/mol. The van der Waals surface area contributed by atoms with Crippen LogP contribution in [0.5, 0.6) is 5.75 Å². The van der Waals surface area contributed by atoms with Gasteiger partial charge in [-0.2, -0.15) is 0 Å². The Morgan fingerprint density at radius 2 is 2.29 bits per heavy atom. The molecule has 21 heavy (non-hydrogen) atoms. The molecule has 0 fully saturated rings. The van der Waals surface area contributed by atoms with Crippen molar-refractivity contribution in [3.05, 3.63) is 46.4 Å². The van der Waals surface area contributed by atoms with Gasteiger partial charge >= 0.3 is 0 Å². The van der Waals surface area contributed by atoms with Gasteiger partial charge < -0.3 is 14.5 Å². The van der Waals surface area contributed by atoms with E-state index in [4.69, 9.17) is 20.8 Å². The number of rotatable bonds is 5. The van der Waals surface area contributed by atoms with Gasteiger partial charge in [0.15, 0.2) is 5.89 Å². The predicted octanol–water partition coefficient (Wildman–Crippen LogP) is 2.97. The van der Waals surface area contributed by atoms with E-state index in [0.29, 0.717) is 18.1 Å². The van der Waals surface area contributed by atoms with Crippen molar-refractivity contribution in [1.82, 2.24) is 10.3 Å². The first-order chi connectivity index (χ1) is 10.0. The van der Waals surface area contributed by atoms with Gasteiger partial charge in [-0.1, -0.05) is 18.5 Å². The maximum atomic E-state index is 13.9. The van der Waals surface area contributed by atoms with E-state index >= 15 is 0 Å². The van der Waals surface area contributed by atoms with Crippen LogP contribution in [0, 0.1) is 5.82 Å². The van der Waals surface area contributed by atoms with Crippen molar-refractivity contribution in [3.63, 3.8) is 0 Å². The Morgan fingerprint density at radius 3 is 2.86 bits per heavy atom. The normalized spacial score (nSPS) is 10.5. The Morgan fingerprint density at radius 1 is 1.52 bits per heavy atom. The van der Waals surface area contributed by atoms with E-state index in [1.165, 1.54) is 19.4 Å². The molecule has 0 aliphatic rings. The Balaban J connectivity index is 2.10. The molecule has 0 unspecified atom stereocenters. The first kappa shape index (κ1) is 15.3. The Kier molecular flexibility index (Phi) is 4.80. The molecule has 1 aromatic heterocycles. The van der Waals surface area contributed by atoms with E-state index in [2.05, 4.69) is 10.3 Å². The average Bonchev–Trinajstić information content (AvgIpc) is 2.92. The van der Waals surface area contributed by atoms with Crippen LogP contribution < -0.4 is 10.1 Å². The third kappa shape index (κ3) is 3.52. The smallest absolute Gasteiger partial charge is 0.256 e. The fraction of sp³-hybridized carbons (Fsp3) is 0.286. The van der Waals surface area contributed by atoms with Crippen LogP contribution in [0.1, 0.15) is 28.9 Å². The molecular formula is C14H14ClFN2O3. The SMILES string of the molecule is CCc1ncc(CNC(=O)c2c(F)cc(OC)cc2Cl)o1. The van der Waals surface area contributed by atoms with Gasteiger partial charge in [0.2, 0.25) is 0 Å². The highest BCUT2D eigenvalue weighted by molar-refractivity contribution is 6.34. The van der Waals surface area contributed by atoms with E-state index in [1.807, 2.05) is 6.92 Å². The molecule has 0 atom stereocenters. The van der Waals surface area contributed by atoms with Gasteiger partial charge in [0.25, 0.3) is 5.91 Å². The van der Waals surface area contributed by atoms with Gasteiger partial charge in [-0.05, 0) is 6.07 Å². The van der Waals surface area contributed by atoms with Crippen molar-refractivity contribution >= 4 is 17.5 Å². The topological polar surface area (TPSA) is 64.4 Å². The highest BCUT2D eigenvalue weighted by Gasteiger charge is 2.18.